The molecule has 0 fully saturated rings. The predicted octanol–water partition coefficient (Wildman–Crippen LogP) is 1.80. The third-order valence-corrected chi connectivity index (χ3v) is 3.23. The van der Waals surface area contributed by atoms with E-state index in [1.165, 1.54) is 0 Å². The molecular weight excluding hydrogens is 266 g/mol. The Morgan fingerprint density at radius 2 is 1.84 bits per heavy atom. The minimum Gasteiger partial charge on any atom is -0.391 e. The van der Waals surface area contributed by atoms with Gasteiger partial charge in [0.2, 0.25) is 17.2 Å². The minimum absolute atomic E-state index is 0.137. The summed E-state index contributed by atoms with van der Waals surface area (Å²) in [6, 6.07) is 0. The molecule has 1 aromatic rings. The van der Waals surface area contributed by atoms with E-state index in [0.29, 0.717) is 18.4 Å². The van der Waals surface area contributed by atoms with Gasteiger partial charge in [0.1, 0.15) is 0 Å². The Hall–Kier alpha value is -1.14. The molecule has 0 amide bonds. The van der Waals surface area contributed by atoms with Gasteiger partial charge in [-0.05, 0) is 17.5 Å². The molecular formula is C12H22ClN5O. The largest absolute Gasteiger partial charge is 0.391 e. The topological polar surface area (TPSA) is 74.2 Å². The quantitative estimate of drug-likeness (QED) is 0.797. The van der Waals surface area contributed by atoms with Gasteiger partial charge in [-0.3, -0.25) is 0 Å². The van der Waals surface area contributed by atoms with Crippen molar-refractivity contribution in [3.05, 3.63) is 5.28 Å². The van der Waals surface area contributed by atoms with E-state index in [1.54, 1.807) is 4.90 Å². The van der Waals surface area contributed by atoms with Crippen LogP contribution in [0.3, 0.4) is 0 Å². The first-order chi connectivity index (χ1) is 8.97. The average molecular weight is 288 g/mol. The van der Waals surface area contributed by atoms with Gasteiger partial charge in [0.25, 0.3) is 0 Å². The zero-order valence-electron chi connectivity index (χ0n) is 11.9. The van der Waals surface area contributed by atoms with E-state index in [2.05, 4.69) is 34.1 Å². The molecule has 1 unspecified atom stereocenters. The molecule has 108 valence electrons. The van der Waals surface area contributed by atoms with E-state index in [9.17, 15) is 5.11 Å². The molecule has 0 spiro atoms. The van der Waals surface area contributed by atoms with Crippen LogP contribution in [0.5, 0.6) is 0 Å². The summed E-state index contributed by atoms with van der Waals surface area (Å²) < 4.78 is 0. The number of halogens is 1. The third-order valence-electron chi connectivity index (χ3n) is 3.06. The van der Waals surface area contributed by atoms with Crippen LogP contribution in [0.4, 0.5) is 11.9 Å². The van der Waals surface area contributed by atoms with E-state index >= 15 is 0 Å². The van der Waals surface area contributed by atoms with Crippen LogP contribution in [0.15, 0.2) is 0 Å². The normalized spacial score (nSPS) is 12.6. The fourth-order valence-electron chi connectivity index (χ4n) is 1.81. The summed E-state index contributed by atoms with van der Waals surface area (Å²) in [4.78, 5) is 13.9. The van der Waals surface area contributed by atoms with Crippen molar-refractivity contribution in [1.82, 2.24) is 15.0 Å². The van der Waals surface area contributed by atoms with E-state index in [1.807, 2.05) is 14.1 Å². The molecule has 19 heavy (non-hydrogen) atoms. The minimum atomic E-state index is -0.423. The number of aromatic nitrogens is 3. The van der Waals surface area contributed by atoms with Gasteiger partial charge in [-0.25, -0.2) is 0 Å². The molecule has 0 saturated heterocycles. The average Bonchev–Trinajstić information content (AvgIpc) is 2.37. The van der Waals surface area contributed by atoms with Crippen molar-refractivity contribution in [2.24, 2.45) is 5.92 Å². The fourth-order valence-corrected chi connectivity index (χ4v) is 1.97. The van der Waals surface area contributed by atoms with Crippen molar-refractivity contribution in [2.75, 3.05) is 30.9 Å². The van der Waals surface area contributed by atoms with Gasteiger partial charge in [0, 0.05) is 20.6 Å². The molecule has 0 radical (unpaired) electrons. The van der Waals surface area contributed by atoms with E-state index < -0.39 is 6.10 Å². The van der Waals surface area contributed by atoms with Gasteiger partial charge in [-0.15, -0.1) is 0 Å². The monoisotopic (exact) mass is 287 g/mol. The van der Waals surface area contributed by atoms with Gasteiger partial charge in [0.05, 0.1) is 6.10 Å². The maximum atomic E-state index is 10.0. The van der Waals surface area contributed by atoms with Crippen molar-refractivity contribution in [2.45, 2.75) is 32.8 Å². The molecule has 1 aromatic heterocycles. The highest BCUT2D eigenvalue weighted by atomic mass is 35.5. The van der Waals surface area contributed by atoms with E-state index in [0.717, 1.165) is 12.8 Å². The first-order valence-corrected chi connectivity index (χ1v) is 6.86. The lowest BCUT2D eigenvalue weighted by atomic mass is 9.97. The molecule has 6 nitrogen and oxygen atoms in total. The number of hydrogen-bond acceptors (Lipinski definition) is 6. The van der Waals surface area contributed by atoms with Crippen LogP contribution < -0.4 is 10.2 Å². The lowest BCUT2D eigenvalue weighted by Crippen LogP contribution is -2.28. The van der Waals surface area contributed by atoms with Crippen molar-refractivity contribution < 1.29 is 5.11 Å². The number of nitrogens with zero attached hydrogens (tertiary/aromatic N) is 4. The smallest absolute Gasteiger partial charge is 0.230 e. The van der Waals surface area contributed by atoms with Crippen LogP contribution in [0.1, 0.15) is 26.7 Å². The molecule has 1 heterocycles. The van der Waals surface area contributed by atoms with Gasteiger partial charge in [0.15, 0.2) is 0 Å². The summed E-state index contributed by atoms with van der Waals surface area (Å²) in [5.41, 5.74) is 0. The zero-order chi connectivity index (χ0) is 14.4. The van der Waals surface area contributed by atoms with Gasteiger partial charge in [-0.2, -0.15) is 15.0 Å². The summed E-state index contributed by atoms with van der Waals surface area (Å²) in [5, 5.41) is 13.2. The maximum absolute atomic E-state index is 10.0. The maximum Gasteiger partial charge on any atom is 0.230 e. The number of nitrogens with one attached hydrogen (secondary N) is 1. The number of anilines is 2. The zero-order valence-corrected chi connectivity index (χ0v) is 12.6. The lowest BCUT2D eigenvalue weighted by molar-refractivity contribution is 0.114. The molecule has 0 aromatic carbocycles. The molecule has 1 atom stereocenters. The summed E-state index contributed by atoms with van der Waals surface area (Å²) >= 11 is 5.84. The number of aliphatic hydroxyl groups excluding tert-OH is 1. The van der Waals surface area contributed by atoms with E-state index in [-0.39, 0.29) is 11.2 Å². The van der Waals surface area contributed by atoms with Crippen molar-refractivity contribution in [1.29, 1.82) is 0 Å². The first kappa shape index (κ1) is 15.9. The Balaban J connectivity index is 2.67. The molecule has 1 rings (SSSR count). The van der Waals surface area contributed by atoms with Crippen LogP contribution >= 0.6 is 11.6 Å². The van der Waals surface area contributed by atoms with Crippen LogP contribution in [-0.4, -0.2) is 46.8 Å². The van der Waals surface area contributed by atoms with Crippen LogP contribution in [0.25, 0.3) is 0 Å². The number of aliphatic hydroxyl groups is 1. The number of hydrogen-bond donors (Lipinski definition) is 2. The molecule has 0 saturated carbocycles. The Morgan fingerprint density at radius 3 is 2.37 bits per heavy atom. The number of rotatable bonds is 7. The molecule has 2 N–H and O–H groups in total. The molecule has 0 aliphatic rings. The summed E-state index contributed by atoms with van der Waals surface area (Å²) in [6.07, 6.45) is 1.47. The van der Waals surface area contributed by atoms with Crippen molar-refractivity contribution in [3.63, 3.8) is 0 Å². The van der Waals surface area contributed by atoms with Crippen molar-refractivity contribution in [3.8, 4) is 0 Å². The first-order valence-electron chi connectivity index (χ1n) is 6.48. The van der Waals surface area contributed by atoms with Crippen LogP contribution in [0.2, 0.25) is 5.28 Å². The van der Waals surface area contributed by atoms with Gasteiger partial charge in [-0.1, -0.05) is 26.7 Å². The second-order valence-electron chi connectivity index (χ2n) is 4.65. The molecule has 7 heteroatoms. The van der Waals surface area contributed by atoms with Gasteiger partial charge < -0.3 is 15.3 Å². The van der Waals surface area contributed by atoms with E-state index in [4.69, 9.17) is 11.6 Å². The Morgan fingerprint density at radius 1 is 1.21 bits per heavy atom. The molecule has 0 aliphatic carbocycles. The second-order valence-corrected chi connectivity index (χ2v) is 4.99. The standard InChI is InChI=1S/C12H22ClN5O/c1-5-8(6-2)9(19)7-14-11-15-10(13)16-12(17-11)18(3)4/h8-9,19H,5-7H2,1-4H3,(H,14,15,16,17). The fraction of sp³-hybridized carbons (Fsp3) is 0.750. The van der Waals surface area contributed by atoms with Crippen molar-refractivity contribution >= 4 is 23.5 Å². The summed E-state index contributed by atoms with van der Waals surface area (Å²) in [6.45, 7) is 4.54. The lowest BCUT2D eigenvalue weighted by Gasteiger charge is -2.20. The third kappa shape index (κ3) is 4.80. The van der Waals surface area contributed by atoms with Crippen LogP contribution in [0, 0.1) is 5.92 Å². The molecule has 0 aliphatic heterocycles. The molecule has 0 bridgehead atoms. The summed E-state index contributed by atoms with van der Waals surface area (Å²) in [5.74, 6) is 1.14. The predicted molar refractivity (Wildman–Crippen MR) is 77.7 cm³/mol. The highest BCUT2D eigenvalue weighted by Crippen LogP contribution is 2.15. The highest BCUT2D eigenvalue weighted by molar-refractivity contribution is 6.28. The second kappa shape index (κ2) is 7.45. The van der Waals surface area contributed by atoms with Gasteiger partial charge >= 0.3 is 0 Å². The van der Waals surface area contributed by atoms with Crippen LogP contribution in [-0.2, 0) is 0 Å². The highest BCUT2D eigenvalue weighted by Gasteiger charge is 2.16. The SMILES string of the molecule is CCC(CC)C(O)CNc1nc(Cl)nc(N(C)C)n1. The Labute approximate surface area is 119 Å². The Kier molecular flexibility index (Phi) is 6.24. The summed E-state index contributed by atoms with van der Waals surface area (Å²) in [7, 11) is 3.66. The Bertz CT molecular complexity index is 398.